The molecule has 1 aromatic heterocycles. The number of nitrogens with zero attached hydrogens (tertiary/aromatic N) is 2. The molecule has 0 unspecified atom stereocenters. The standard InChI is InChI=1S/C20H18F3N3/c1-14-11-16(13-24-25-18-8-4-3-5-9-18)15(2)26(14)19-10-6-7-17(12-19)20(21,22)23/h3-13,25H,1-2H3/b24-13+. The van der Waals surface area contributed by atoms with E-state index in [1.54, 1.807) is 16.8 Å². The van der Waals surface area contributed by atoms with Gasteiger partial charge in [0.2, 0.25) is 0 Å². The van der Waals surface area contributed by atoms with Crippen molar-refractivity contribution < 1.29 is 13.2 Å². The van der Waals surface area contributed by atoms with Crippen molar-refractivity contribution in [3.8, 4) is 5.69 Å². The zero-order chi connectivity index (χ0) is 18.7. The molecule has 0 spiro atoms. The summed E-state index contributed by atoms with van der Waals surface area (Å²) in [6, 6.07) is 16.7. The highest BCUT2D eigenvalue weighted by atomic mass is 19.4. The molecule has 3 rings (SSSR count). The van der Waals surface area contributed by atoms with E-state index in [9.17, 15) is 13.2 Å². The van der Waals surface area contributed by atoms with Gasteiger partial charge >= 0.3 is 6.18 Å². The van der Waals surface area contributed by atoms with E-state index in [-0.39, 0.29) is 0 Å². The third-order valence-corrected chi connectivity index (χ3v) is 4.07. The Bertz CT molecular complexity index is 925. The van der Waals surface area contributed by atoms with E-state index < -0.39 is 11.7 Å². The van der Waals surface area contributed by atoms with E-state index in [4.69, 9.17) is 0 Å². The number of aryl methyl sites for hydroxylation is 1. The maximum atomic E-state index is 13.0. The number of rotatable bonds is 4. The van der Waals surface area contributed by atoms with Gasteiger partial charge in [-0.25, -0.2) is 0 Å². The second-order valence-electron chi connectivity index (χ2n) is 5.95. The number of aromatic nitrogens is 1. The number of hydrogen-bond donors (Lipinski definition) is 1. The van der Waals surface area contributed by atoms with Crippen molar-refractivity contribution in [2.45, 2.75) is 20.0 Å². The topological polar surface area (TPSA) is 29.3 Å². The van der Waals surface area contributed by atoms with Crippen molar-refractivity contribution in [1.29, 1.82) is 0 Å². The normalized spacial score (nSPS) is 11.9. The van der Waals surface area contributed by atoms with Crippen LogP contribution in [0.2, 0.25) is 0 Å². The van der Waals surface area contributed by atoms with Gasteiger partial charge in [-0.15, -0.1) is 0 Å². The maximum absolute atomic E-state index is 13.0. The summed E-state index contributed by atoms with van der Waals surface area (Å²) in [7, 11) is 0. The summed E-state index contributed by atoms with van der Waals surface area (Å²) in [6.07, 6.45) is -2.70. The first-order valence-electron chi connectivity index (χ1n) is 8.07. The van der Waals surface area contributed by atoms with Crippen LogP contribution in [0.3, 0.4) is 0 Å². The average molecular weight is 357 g/mol. The summed E-state index contributed by atoms with van der Waals surface area (Å²) in [4.78, 5) is 0. The lowest BCUT2D eigenvalue weighted by Crippen LogP contribution is -2.07. The quantitative estimate of drug-likeness (QED) is 0.481. The Morgan fingerprint density at radius 3 is 2.38 bits per heavy atom. The largest absolute Gasteiger partial charge is 0.416 e. The van der Waals surface area contributed by atoms with Gasteiger partial charge in [-0.1, -0.05) is 24.3 Å². The number of anilines is 1. The van der Waals surface area contributed by atoms with Gasteiger partial charge in [-0.2, -0.15) is 18.3 Å². The fourth-order valence-electron chi connectivity index (χ4n) is 2.83. The van der Waals surface area contributed by atoms with Crippen molar-refractivity contribution in [1.82, 2.24) is 4.57 Å². The van der Waals surface area contributed by atoms with Crippen LogP contribution in [-0.4, -0.2) is 10.8 Å². The van der Waals surface area contributed by atoms with Gasteiger partial charge in [0, 0.05) is 22.6 Å². The molecule has 3 aromatic rings. The van der Waals surface area contributed by atoms with E-state index in [1.807, 2.05) is 50.2 Å². The molecule has 0 atom stereocenters. The Morgan fingerprint density at radius 1 is 0.962 bits per heavy atom. The number of hydrazone groups is 1. The average Bonchev–Trinajstić information content (AvgIpc) is 2.89. The molecular formula is C20H18F3N3. The van der Waals surface area contributed by atoms with E-state index >= 15 is 0 Å². The molecule has 0 aliphatic heterocycles. The lowest BCUT2D eigenvalue weighted by atomic mass is 10.2. The summed E-state index contributed by atoms with van der Waals surface area (Å²) < 4.78 is 40.7. The number of nitrogens with one attached hydrogen (secondary N) is 1. The summed E-state index contributed by atoms with van der Waals surface area (Å²) in [5.41, 5.74) is 6.09. The van der Waals surface area contributed by atoms with Crippen LogP contribution in [0.25, 0.3) is 5.69 Å². The molecule has 0 bridgehead atoms. The van der Waals surface area contributed by atoms with Gasteiger partial charge in [-0.05, 0) is 50.2 Å². The molecule has 134 valence electrons. The maximum Gasteiger partial charge on any atom is 0.416 e. The van der Waals surface area contributed by atoms with Crippen molar-refractivity contribution in [3.63, 3.8) is 0 Å². The molecule has 0 amide bonds. The molecule has 2 aromatic carbocycles. The molecule has 1 heterocycles. The van der Waals surface area contributed by atoms with Gasteiger partial charge in [0.1, 0.15) is 0 Å². The SMILES string of the molecule is Cc1cc(/C=N/Nc2ccccc2)c(C)n1-c1cccc(C(F)(F)F)c1. The van der Waals surface area contributed by atoms with Gasteiger partial charge in [0.15, 0.2) is 0 Å². The molecule has 0 aliphatic carbocycles. The van der Waals surface area contributed by atoms with Crippen LogP contribution in [-0.2, 0) is 6.18 Å². The third kappa shape index (κ3) is 3.79. The van der Waals surface area contributed by atoms with Gasteiger partial charge in [-0.3, -0.25) is 5.43 Å². The van der Waals surface area contributed by atoms with Crippen LogP contribution in [0.4, 0.5) is 18.9 Å². The van der Waals surface area contributed by atoms with Crippen molar-refractivity contribution in [2.75, 3.05) is 5.43 Å². The molecular weight excluding hydrogens is 339 g/mol. The van der Waals surface area contributed by atoms with Gasteiger partial charge in [0.25, 0.3) is 0 Å². The lowest BCUT2D eigenvalue weighted by Gasteiger charge is -2.13. The molecule has 0 saturated carbocycles. The summed E-state index contributed by atoms with van der Waals surface area (Å²) >= 11 is 0. The Hall–Kier alpha value is -3.02. The highest BCUT2D eigenvalue weighted by molar-refractivity contribution is 5.82. The molecule has 26 heavy (non-hydrogen) atoms. The van der Waals surface area contributed by atoms with Crippen molar-refractivity contribution >= 4 is 11.9 Å². The highest BCUT2D eigenvalue weighted by Gasteiger charge is 2.30. The number of hydrogen-bond acceptors (Lipinski definition) is 2. The zero-order valence-electron chi connectivity index (χ0n) is 14.4. The third-order valence-electron chi connectivity index (χ3n) is 4.07. The number of benzene rings is 2. The molecule has 6 heteroatoms. The summed E-state index contributed by atoms with van der Waals surface area (Å²) in [6.45, 7) is 3.71. The molecule has 0 saturated heterocycles. The van der Waals surface area contributed by atoms with E-state index in [2.05, 4.69) is 10.5 Å². The minimum atomic E-state index is -4.37. The van der Waals surface area contributed by atoms with Gasteiger partial charge in [0.05, 0.1) is 17.5 Å². The molecule has 3 nitrogen and oxygen atoms in total. The minimum absolute atomic E-state index is 0.477. The van der Waals surface area contributed by atoms with Crippen LogP contribution >= 0.6 is 0 Å². The second kappa shape index (κ2) is 7.07. The summed E-state index contributed by atoms with van der Waals surface area (Å²) in [5, 5.41) is 4.21. The van der Waals surface area contributed by atoms with E-state index in [1.165, 1.54) is 6.07 Å². The Balaban J connectivity index is 1.89. The van der Waals surface area contributed by atoms with Gasteiger partial charge < -0.3 is 4.57 Å². The Morgan fingerprint density at radius 2 is 1.69 bits per heavy atom. The van der Waals surface area contributed by atoms with Crippen LogP contribution in [0.5, 0.6) is 0 Å². The van der Waals surface area contributed by atoms with Crippen molar-refractivity contribution in [3.05, 3.63) is 83.2 Å². The predicted octanol–water partition coefficient (Wildman–Crippen LogP) is 5.56. The summed E-state index contributed by atoms with van der Waals surface area (Å²) in [5.74, 6) is 0. The fraction of sp³-hybridized carbons (Fsp3) is 0.150. The van der Waals surface area contributed by atoms with Crippen LogP contribution in [0.15, 0.2) is 65.8 Å². The predicted molar refractivity (Wildman–Crippen MR) is 97.9 cm³/mol. The first-order chi connectivity index (χ1) is 12.4. The Labute approximate surface area is 149 Å². The Kier molecular flexibility index (Phi) is 4.84. The molecule has 1 N–H and O–H groups in total. The fourth-order valence-corrected chi connectivity index (χ4v) is 2.83. The van der Waals surface area contributed by atoms with Crippen LogP contribution in [0, 0.1) is 13.8 Å². The first kappa shape index (κ1) is 17.8. The van der Waals surface area contributed by atoms with Crippen molar-refractivity contribution in [2.24, 2.45) is 5.10 Å². The van der Waals surface area contributed by atoms with Crippen LogP contribution < -0.4 is 5.43 Å². The molecule has 0 fully saturated rings. The minimum Gasteiger partial charge on any atom is -0.318 e. The van der Waals surface area contributed by atoms with E-state index in [0.717, 1.165) is 34.8 Å². The first-order valence-corrected chi connectivity index (χ1v) is 8.07. The highest BCUT2D eigenvalue weighted by Crippen LogP contribution is 2.31. The monoisotopic (exact) mass is 357 g/mol. The molecule has 0 radical (unpaired) electrons. The number of alkyl halides is 3. The number of para-hydroxylation sites is 1. The van der Waals surface area contributed by atoms with E-state index in [0.29, 0.717) is 5.69 Å². The zero-order valence-corrected chi connectivity index (χ0v) is 14.4. The number of halogens is 3. The lowest BCUT2D eigenvalue weighted by molar-refractivity contribution is -0.137. The molecule has 0 aliphatic rings. The second-order valence-corrected chi connectivity index (χ2v) is 5.95. The van der Waals surface area contributed by atoms with Crippen LogP contribution in [0.1, 0.15) is 22.5 Å². The smallest absolute Gasteiger partial charge is 0.318 e.